The molecular weight excluding hydrogens is 560 g/mol. The fraction of sp³-hybridized carbons (Fsp3) is 0.977. The molecule has 0 saturated heterocycles. The molecule has 2 heteroatoms. The predicted octanol–water partition coefficient (Wildman–Crippen LogP) is 16.3. The van der Waals surface area contributed by atoms with E-state index in [9.17, 15) is 9.90 Å². The zero-order valence-corrected chi connectivity index (χ0v) is 32.2. The molecule has 1 N–H and O–H groups in total. The lowest BCUT2D eigenvalue weighted by atomic mass is 9.94. The van der Waals surface area contributed by atoms with E-state index in [1.54, 1.807) is 0 Å². The molecule has 0 radical (unpaired) electrons. The molecule has 1 atom stereocenters. The Balaban J connectivity index is 3.34. The predicted molar refractivity (Wildman–Crippen MR) is 207 cm³/mol. The summed E-state index contributed by atoms with van der Waals surface area (Å²) in [6.45, 7) is 4.59. The van der Waals surface area contributed by atoms with Crippen LogP contribution in [0.4, 0.5) is 0 Å². The van der Waals surface area contributed by atoms with E-state index < -0.39 is 5.97 Å². The van der Waals surface area contributed by atoms with Gasteiger partial charge in [0.2, 0.25) is 0 Å². The third kappa shape index (κ3) is 37.9. The first-order chi connectivity index (χ1) is 22.7. The third-order valence-electron chi connectivity index (χ3n) is 10.7. The van der Waals surface area contributed by atoms with Gasteiger partial charge < -0.3 is 5.11 Å². The summed E-state index contributed by atoms with van der Waals surface area (Å²) >= 11 is 0. The maximum absolute atomic E-state index is 11.7. The molecule has 0 aliphatic heterocycles. The molecule has 0 spiro atoms. The van der Waals surface area contributed by atoms with E-state index in [1.165, 1.54) is 231 Å². The molecule has 0 amide bonds. The van der Waals surface area contributed by atoms with Crippen molar-refractivity contribution in [3.8, 4) is 0 Å². The van der Waals surface area contributed by atoms with Crippen LogP contribution in [-0.4, -0.2) is 11.1 Å². The van der Waals surface area contributed by atoms with E-state index in [2.05, 4.69) is 13.8 Å². The Bertz CT molecular complexity index is 558. The number of rotatable bonds is 41. The zero-order valence-electron chi connectivity index (χ0n) is 32.2. The fourth-order valence-electron chi connectivity index (χ4n) is 7.33. The lowest BCUT2D eigenvalue weighted by Gasteiger charge is -2.12. The van der Waals surface area contributed by atoms with Gasteiger partial charge >= 0.3 is 5.97 Å². The molecule has 0 aromatic heterocycles. The Kier molecular flexibility index (Phi) is 40.2. The molecule has 0 fully saturated rings. The molecule has 276 valence electrons. The first kappa shape index (κ1) is 45.5. The molecule has 2 nitrogen and oxygen atoms in total. The Hall–Kier alpha value is -0.530. The molecule has 0 aliphatic carbocycles. The van der Waals surface area contributed by atoms with Gasteiger partial charge in [-0.05, 0) is 12.8 Å². The number of carboxylic acids is 1. The van der Waals surface area contributed by atoms with Crippen LogP contribution in [0, 0.1) is 5.92 Å². The van der Waals surface area contributed by atoms with Gasteiger partial charge in [0.25, 0.3) is 0 Å². The van der Waals surface area contributed by atoms with E-state index in [0.29, 0.717) is 0 Å². The average Bonchev–Trinajstić information content (AvgIpc) is 3.05. The van der Waals surface area contributed by atoms with Crippen LogP contribution in [0.25, 0.3) is 0 Å². The van der Waals surface area contributed by atoms with Gasteiger partial charge in [-0.2, -0.15) is 0 Å². The number of carboxylic acid groups (broad SMARTS) is 1. The van der Waals surface area contributed by atoms with Gasteiger partial charge in [-0.3, -0.25) is 4.79 Å². The van der Waals surface area contributed by atoms with E-state index in [-0.39, 0.29) is 5.92 Å². The summed E-state index contributed by atoms with van der Waals surface area (Å²) in [7, 11) is 0. The van der Waals surface area contributed by atoms with Crippen LogP contribution in [0.1, 0.15) is 271 Å². The molecule has 0 aliphatic rings. The normalized spacial score (nSPS) is 12.2. The smallest absolute Gasteiger partial charge is 0.306 e. The van der Waals surface area contributed by atoms with Gasteiger partial charge in [-0.1, -0.05) is 258 Å². The van der Waals surface area contributed by atoms with Crippen LogP contribution < -0.4 is 0 Å². The Labute approximate surface area is 291 Å². The van der Waals surface area contributed by atoms with Gasteiger partial charge in [-0.25, -0.2) is 0 Å². The van der Waals surface area contributed by atoms with Crippen molar-refractivity contribution < 1.29 is 9.90 Å². The first-order valence-electron chi connectivity index (χ1n) is 21.9. The summed E-state index contributed by atoms with van der Waals surface area (Å²) < 4.78 is 0. The molecule has 1 unspecified atom stereocenters. The Morgan fingerprint density at radius 2 is 0.457 bits per heavy atom. The number of hydrogen-bond donors (Lipinski definition) is 1. The molecule has 0 aromatic rings. The van der Waals surface area contributed by atoms with Crippen molar-refractivity contribution in [1.82, 2.24) is 0 Å². The fourth-order valence-corrected chi connectivity index (χ4v) is 7.33. The van der Waals surface area contributed by atoms with Crippen molar-refractivity contribution in [1.29, 1.82) is 0 Å². The minimum Gasteiger partial charge on any atom is -0.481 e. The molecule has 0 heterocycles. The summed E-state index contributed by atoms with van der Waals surface area (Å²) in [5.41, 5.74) is 0. The van der Waals surface area contributed by atoms with Crippen LogP contribution >= 0.6 is 0 Å². The van der Waals surface area contributed by atoms with Crippen molar-refractivity contribution in [2.24, 2.45) is 5.92 Å². The lowest BCUT2D eigenvalue weighted by molar-refractivity contribution is -0.142. The SMILES string of the molecule is CCCCCCCCCCCCCCCCCCCCCCCCC(CCCCCCCCCCCCCCCCCC)C(=O)O. The van der Waals surface area contributed by atoms with E-state index in [0.717, 1.165) is 25.7 Å². The topological polar surface area (TPSA) is 37.3 Å². The van der Waals surface area contributed by atoms with Gasteiger partial charge in [0.1, 0.15) is 0 Å². The standard InChI is InChI=1S/C44H88O2/c1-3-5-7-9-11-13-15-17-19-21-22-23-24-25-26-28-30-32-34-36-38-40-42-43(44(45)46)41-39-37-35-33-31-29-27-20-18-16-14-12-10-8-6-4-2/h43H,3-42H2,1-2H3,(H,45,46). The average molecular weight is 649 g/mol. The number of aliphatic carboxylic acids is 1. The Morgan fingerprint density at radius 3 is 0.609 bits per heavy atom. The third-order valence-corrected chi connectivity index (χ3v) is 10.7. The zero-order chi connectivity index (χ0) is 33.4. The quantitative estimate of drug-likeness (QED) is 0.0670. The van der Waals surface area contributed by atoms with Crippen molar-refractivity contribution >= 4 is 5.97 Å². The summed E-state index contributed by atoms with van der Waals surface area (Å²) in [5.74, 6) is -0.652. The molecule has 0 bridgehead atoms. The minimum absolute atomic E-state index is 0.100. The van der Waals surface area contributed by atoms with Crippen LogP contribution in [-0.2, 0) is 4.79 Å². The van der Waals surface area contributed by atoms with Gasteiger partial charge in [-0.15, -0.1) is 0 Å². The number of unbranched alkanes of at least 4 members (excludes halogenated alkanes) is 36. The highest BCUT2D eigenvalue weighted by molar-refractivity contribution is 5.69. The van der Waals surface area contributed by atoms with Crippen molar-refractivity contribution in [3.05, 3.63) is 0 Å². The largest absolute Gasteiger partial charge is 0.481 e. The van der Waals surface area contributed by atoms with Crippen LogP contribution in [0.15, 0.2) is 0 Å². The number of hydrogen-bond acceptors (Lipinski definition) is 1. The monoisotopic (exact) mass is 649 g/mol. The van der Waals surface area contributed by atoms with Gasteiger partial charge in [0, 0.05) is 0 Å². The molecule has 46 heavy (non-hydrogen) atoms. The highest BCUT2D eigenvalue weighted by atomic mass is 16.4. The molecule has 0 rings (SSSR count). The van der Waals surface area contributed by atoms with Gasteiger partial charge in [0.05, 0.1) is 5.92 Å². The van der Waals surface area contributed by atoms with Crippen molar-refractivity contribution in [3.63, 3.8) is 0 Å². The maximum Gasteiger partial charge on any atom is 0.306 e. The summed E-state index contributed by atoms with van der Waals surface area (Å²) in [4.78, 5) is 11.7. The second-order valence-corrected chi connectivity index (χ2v) is 15.3. The molecule has 0 aromatic carbocycles. The molecular formula is C44H88O2. The highest BCUT2D eigenvalue weighted by Gasteiger charge is 2.16. The lowest BCUT2D eigenvalue weighted by Crippen LogP contribution is -2.13. The van der Waals surface area contributed by atoms with Gasteiger partial charge in [0.15, 0.2) is 0 Å². The van der Waals surface area contributed by atoms with Crippen LogP contribution in [0.2, 0.25) is 0 Å². The maximum atomic E-state index is 11.7. The van der Waals surface area contributed by atoms with Crippen molar-refractivity contribution in [2.45, 2.75) is 271 Å². The second kappa shape index (κ2) is 40.6. The summed E-state index contributed by atoms with van der Waals surface area (Å²) in [5, 5.41) is 9.67. The second-order valence-electron chi connectivity index (χ2n) is 15.3. The summed E-state index contributed by atoms with van der Waals surface area (Å²) in [6.07, 6.45) is 54.7. The number of carbonyl (C=O) groups is 1. The van der Waals surface area contributed by atoms with E-state index >= 15 is 0 Å². The van der Waals surface area contributed by atoms with Crippen LogP contribution in [0.5, 0.6) is 0 Å². The minimum atomic E-state index is -0.551. The van der Waals surface area contributed by atoms with Crippen LogP contribution in [0.3, 0.4) is 0 Å². The Morgan fingerprint density at radius 1 is 0.304 bits per heavy atom. The van der Waals surface area contributed by atoms with E-state index in [4.69, 9.17) is 0 Å². The first-order valence-corrected chi connectivity index (χ1v) is 21.9. The van der Waals surface area contributed by atoms with E-state index in [1.807, 2.05) is 0 Å². The summed E-state index contributed by atoms with van der Waals surface area (Å²) in [6, 6.07) is 0. The van der Waals surface area contributed by atoms with Crippen molar-refractivity contribution in [2.75, 3.05) is 0 Å². The highest BCUT2D eigenvalue weighted by Crippen LogP contribution is 2.21. The molecule has 0 saturated carbocycles.